The number of imidazole rings is 1. The number of ether oxygens (including phenoxy) is 1. The third kappa shape index (κ3) is 2.36. The normalized spacial score (nSPS) is 23.9. The van der Waals surface area contributed by atoms with Crippen LogP contribution < -0.4 is 4.74 Å². The van der Waals surface area contributed by atoms with Crippen molar-refractivity contribution in [3.05, 3.63) is 48.5 Å². The minimum atomic E-state index is -0.362. The SMILES string of the molecule is O=C(C1Cc2ccccc2O1)N1CCCC(n2ccnc2)C1. The van der Waals surface area contributed by atoms with Crippen LogP contribution in [-0.4, -0.2) is 39.6 Å². The molecule has 1 saturated heterocycles. The van der Waals surface area contributed by atoms with Crippen LogP contribution in [0.4, 0.5) is 0 Å². The van der Waals surface area contributed by atoms with Crippen LogP contribution in [0, 0.1) is 0 Å². The quantitative estimate of drug-likeness (QED) is 0.852. The maximum Gasteiger partial charge on any atom is 0.264 e. The highest BCUT2D eigenvalue weighted by molar-refractivity contribution is 5.82. The van der Waals surface area contributed by atoms with Gasteiger partial charge in [-0.2, -0.15) is 0 Å². The summed E-state index contributed by atoms with van der Waals surface area (Å²) < 4.78 is 7.94. The van der Waals surface area contributed by atoms with Crippen molar-refractivity contribution in [2.75, 3.05) is 13.1 Å². The number of amides is 1. The van der Waals surface area contributed by atoms with Crippen molar-refractivity contribution in [1.29, 1.82) is 0 Å². The zero-order valence-corrected chi connectivity index (χ0v) is 12.4. The highest BCUT2D eigenvalue weighted by atomic mass is 16.5. The van der Waals surface area contributed by atoms with Gasteiger partial charge in [-0.05, 0) is 24.5 Å². The van der Waals surface area contributed by atoms with E-state index in [4.69, 9.17) is 4.74 Å². The second kappa shape index (κ2) is 5.48. The average Bonchev–Trinajstić information content (AvgIpc) is 3.23. The van der Waals surface area contributed by atoms with Gasteiger partial charge in [0, 0.05) is 31.9 Å². The van der Waals surface area contributed by atoms with Crippen LogP contribution >= 0.6 is 0 Å². The van der Waals surface area contributed by atoms with E-state index in [1.165, 1.54) is 0 Å². The first-order valence-corrected chi connectivity index (χ1v) is 7.82. The van der Waals surface area contributed by atoms with Crippen LogP contribution in [0.2, 0.25) is 0 Å². The van der Waals surface area contributed by atoms with Gasteiger partial charge in [0.25, 0.3) is 5.91 Å². The van der Waals surface area contributed by atoms with Gasteiger partial charge in [0.1, 0.15) is 5.75 Å². The summed E-state index contributed by atoms with van der Waals surface area (Å²) in [7, 11) is 0. The van der Waals surface area contributed by atoms with E-state index in [1.54, 1.807) is 6.20 Å². The molecule has 0 bridgehead atoms. The predicted octanol–water partition coefficient (Wildman–Crippen LogP) is 2.05. The van der Waals surface area contributed by atoms with Crippen molar-refractivity contribution in [3.8, 4) is 5.75 Å². The molecule has 0 N–H and O–H groups in total. The lowest BCUT2D eigenvalue weighted by molar-refractivity contribution is -0.139. The number of hydrogen-bond donors (Lipinski definition) is 0. The number of carbonyl (C=O) groups excluding carboxylic acids is 1. The summed E-state index contributed by atoms with van der Waals surface area (Å²) >= 11 is 0. The molecule has 2 aliphatic heterocycles. The van der Waals surface area contributed by atoms with Gasteiger partial charge in [-0.25, -0.2) is 4.98 Å². The Morgan fingerprint density at radius 2 is 2.23 bits per heavy atom. The molecule has 114 valence electrons. The summed E-state index contributed by atoms with van der Waals surface area (Å²) in [5.74, 6) is 0.963. The highest BCUT2D eigenvalue weighted by Gasteiger charge is 2.34. The van der Waals surface area contributed by atoms with Crippen LogP contribution in [0.25, 0.3) is 0 Å². The Bertz CT molecular complexity index is 643. The lowest BCUT2D eigenvalue weighted by Gasteiger charge is -2.34. The molecule has 4 rings (SSSR count). The molecule has 2 aliphatic rings. The molecule has 1 fully saturated rings. The van der Waals surface area contributed by atoms with Crippen LogP contribution in [0.1, 0.15) is 24.4 Å². The third-order valence-corrected chi connectivity index (χ3v) is 4.58. The summed E-state index contributed by atoms with van der Waals surface area (Å²) in [5, 5.41) is 0. The van der Waals surface area contributed by atoms with Gasteiger partial charge in [-0.15, -0.1) is 0 Å². The Morgan fingerprint density at radius 3 is 3.05 bits per heavy atom. The maximum atomic E-state index is 12.8. The first-order chi connectivity index (χ1) is 10.8. The van der Waals surface area contributed by atoms with E-state index in [2.05, 4.69) is 9.55 Å². The second-order valence-corrected chi connectivity index (χ2v) is 6.01. The second-order valence-electron chi connectivity index (χ2n) is 6.01. The minimum Gasteiger partial charge on any atom is -0.480 e. The van der Waals surface area contributed by atoms with Gasteiger partial charge < -0.3 is 14.2 Å². The summed E-state index contributed by atoms with van der Waals surface area (Å²) in [4.78, 5) is 18.8. The summed E-state index contributed by atoms with van der Waals surface area (Å²) in [6.45, 7) is 1.56. The van der Waals surface area contributed by atoms with Crippen LogP contribution in [0.15, 0.2) is 43.0 Å². The molecule has 3 heterocycles. The molecular formula is C17H19N3O2. The number of likely N-dealkylation sites (tertiary alicyclic amines) is 1. The van der Waals surface area contributed by atoms with E-state index in [9.17, 15) is 4.79 Å². The maximum absolute atomic E-state index is 12.8. The number of hydrogen-bond acceptors (Lipinski definition) is 3. The van der Waals surface area contributed by atoms with E-state index >= 15 is 0 Å². The Kier molecular flexibility index (Phi) is 3.33. The Labute approximate surface area is 129 Å². The first kappa shape index (κ1) is 13.4. The topological polar surface area (TPSA) is 47.4 Å². The molecule has 5 heteroatoms. The number of nitrogens with zero attached hydrogens (tertiary/aromatic N) is 3. The Balaban J connectivity index is 1.45. The number of benzene rings is 1. The summed E-state index contributed by atoms with van der Waals surface area (Å²) in [6.07, 6.45) is 8.03. The van der Waals surface area contributed by atoms with Crippen molar-refractivity contribution in [2.45, 2.75) is 31.4 Å². The number of para-hydroxylation sites is 1. The molecule has 5 nitrogen and oxygen atoms in total. The average molecular weight is 297 g/mol. The van der Waals surface area contributed by atoms with Crippen molar-refractivity contribution in [2.24, 2.45) is 0 Å². The molecule has 2 unspecified atom stereocenters. The molecule has 0 saturated carbocycles. The smallest absolute Gasteiger partial charge is 0.264 e. The summed E-state index contributed by atoms with van der Waals surface area (Å²) in [6, 6.07) is 8.23. The van der Waals surface area contributed by atoms with Gasteiger partial charge in [0.2, 0.25) is 0 Å². The first-order valence-electron chi connectivity index (χ1n) is 7.82. The monoisotopic (exact) mass is 297 g/mol. The number of aromatic nitrogens is 2. The number of piperidine rings is 1. The predicted molar refractivity (Wildman–Crippen MR) is 81.6 cm³/mol. The number of fused-ring (bicyclic) bond motifs is 1. The van der Waals surface area contributed by atoms with Crippen molar-refractivity contribution in [3.63, 3.8) is 0 Å². The molecule has 1 amide bonds. The molecule has 2 aromatic rings. The van der Waals surface area contributed by atoms with Crippen molar-refractivity contribution >= 4 is 5.91 Å². The molecule has 0 aliphatic carbocycles. The molecule has 2 atom stereocenters. The van der Waals surface area contributed by atoms with Gasteiger partial charge >= 0.3 is 0 Å². The molecule has 22 heavy (non-hydrogen) atoms. The van der Waals surface area contributed by atoms with Crippen molar-refractivity contribution < 1.29 is 9.53 Å². The molecule has 1 aromatic carbocycles. The molecule has 0 spiro atoms. The van der Waals surface area contributed by atoms with E-state index in [0.717, 1.165) is 37.2 Å². The largest absolute Gasteiger partial charge is 0.480 e. The van der Waals surface area contributed by atoms with Gasteiger partial charge in [-0.1, -0.05) is 18.2 Å². The third-order valence-electron chi connectivity index (χ3n) is 4.58. The van der Waals surface area contributed by atoms with E-state index in [1.807, 2.05) is 41.7 Å². The number of carbonyl (C=O) groups is 1. The van der Waals surface area contributed by atoms with Gasteiger partial charge in [0.15, 0.2) is 6.10 Å². The van der Waals surface area contributed by atoms with Gasteiger partial charge in [0.05, 0.1) is 12.4 Å². The van der Waals surface area contributed by atoms with Gasteiger partial charge in [-0.3, -0.25) is 4.79 Å². The van der Waals surface area contributed by atoms with E-state index < -0.39 is 0 Å². The Hall–Kier alpha value is -2.30. The Morgan fingerprint density at radius 1 is 1.32 bits per heavy atom. The van der Waals surface area contributed by atoms with Crippen LogP contribution in [0.3, 0.4) is 0 Å². The fourth-order valence-corrected chi connectivity index (χ4v) is 3.41. The molecular weight excluding hydrogens is 278 g/mol. The van der Waals surface area contributed by atoms with Crippen molar-refractivity contribution in [1.82, 2.24) is 14.5 Å². The number of rotatable bonds is 2. The highest BCUT2D eigenvalue weighted by Crippen LogP contribution is 2.30. The van der Waals surface area contributed by atoms with Crippen LogP contribution in [0.5, 0.6) is 5.75 Å². The minimum absolute atomic E-state index is 0.112. The lowest BCUT2D eigenvalue weighted by Crippen LogP contribution is -2.46. The molecule has 1 aromatic heterocycles. The standard InChI is InChI=1S/C17H19N3O2/c21-17(16-10-13-4-1-2-6-15(13)22-16)19-8-3-5-14(11-19)20-9-7-18-12-20/h1-2,4,6-7,9,12,14,16H,3,5,8,10-11H2. The fourth-order valence-electron chi connectivity index (χ4n) is 3.41. The fraction of sp³-hybridized carbons (Fsp3) is 0.412. The zero-order valence-electron chi connectivity index (χ0n) is 12.4. The lowest BCUT2D eigenvalue weighted by atomic mass is 10.0. The molecule has 0 radical (unpaired) electrons. The van der Waals surface area contributed by atoms with Crippen LogP contribution in [-0.2, 0) is 11.2 Å². The summed E-state index contributed by atoms with van der Waals surface area (Å²) in [5.41, 5.74) is 1.13. The zero-order chi connectivity index (χ0) is 14.9. The van der Waals surface area contributed by atoms with E-state index in [0.29, 0.717) is 12.5 Å². The van der Waals surface area contributed by atoms with E-state index in [-0.39, 0.29) is 12.0 Å².